The number of hydrogen-bond acceptors (Lipinski definition) is 20. The number of hydrogen-bond donors (Lipinski definition) is 6. The molecule has 0 aliphatic heterocycles. The Bertz CT molecular complexity index is 2850. The molecule has 111 heavy (non-hydrogen) atoms. The second-order valence-corrected chi connectivity index (χ2v) is 30.0. The number of alkyl carbamates (subject to hydrolysis) is 1. The molecule has 0 bridgehead atoms. The van der Waals surface area contributed by atoms with E-state index in [1.165, 1.54) is 205 Å². The van der Waals surface area contributed by atoms with E-state index in [0.717, 1.165) is 64.2 Å². The van der Waals surface area contributed by atoms with Gasteiger partial charge in [0, 0.05) is 96.0 Å². The van der Waals surface area contributed by atoms with Crippen molar-refractivity contribution in [2.24, 2.45) is 0 Å². The maximum Gasteiger partial charge on any atom is 0.407 e. The van der Waals surface area contributed by atoms with Gasteiger partial charge in [0.05, 0.1) is 64.7 Å². The number of anilines is 2. The van der Waals surface area contributed by atoms with Gasteiger partial charge in [-0.2, -0.15) is 4.98 Å². The molecule has 0 saturated carbocycles. The largest absolute Gasteiger partial charge is 0.480 e. The quantitative estimate of drug-likeness (QED) is 0.0286. The number of nitrogens with one attached hydrogen (secondary N) is 4. The Morgan fingerprint density at radius 2 is 0.847 bits per heavy atom. The number of H-pyrrole nitrogens is 1. The summed E-state index contributed by atoms with van der Waals surface area (Å²) in [6.07, 6.45) is 53.3. The number of ether oxygens (including phenoxy) is 8. The highest BCUT2D eigenvalue weighted by atomic mass is 16.6. The molecule has 24 heteroatoms. The fourth-order valence-corrected chi connectivity index (χ4v) is 13.0. The molecular weight excluding hydrogens is 1410 g/mol. The highest BCUT2D eigenvalue weighted by Gasteiger charge is 2.22. The Morgan fingerprint density at radius 1 is 0.450 bits per heavy atom. The van der Waals surface area contributed by atoms with Crippen molar-refractivity contribution < 1.29 is 71.8 Å². The molecule has 0 spiro atoms. The lowest BCUT2D eigenvalue weighted by atomic mass is 10.0. The minimum Gasteiger partial charge on any atom is -0.480 e. The summed E-state index contributed by atoms with van der Waals surface area (Å²) in [5.41, 5.74) is 6.60. The summed E-state index contributed by atoms with van der Waals surface area (Å²) >= 11 is 0. The Balaban J connectivity index is 1.06. The van der Waals surface area contributed by atoms with Crippen molar-refractivity contribution in [1.29, 1.82) is 0 Å². The molecule has 2 aromatic heterocycles. The Labute approximate surface area is 666 Å². The van der Waals surface area contributed by atoms with Crippen LogP contribution in [0.1, 0.15) is 345 Å². The number of aromatic amines is 1. The predicted octanol–water partition coefficient (Wildman–Crippen LogP) is 18.2. The summed E-state index contributed by atoms with van der Waals surface area (Å²) in [4.78, 5) is 102. The van der Waals surface area contributed by atoms with Gasteiger partial charge in [-0.15, -0.1) is 0 Å². The van der Waals surface area contributed by atoms with Gasteiger partial charge in [-0.3, -0.25) is 29.0 Å². The number of carbonyl (C=O) groups excluding carboxylic acids is 5. The molecule has 634 valence electrons. The van der Waals surface area contributed by atoms with Crippen molar-refractivity contribution in [3.05, 3.63) is 52.1 Å². The molecule has 3 aromatic rings. The van der Waals surface area contributed by atoms with E-state index in [0.29, 0.717) is 149 Å². The van der Waals surface area contributed by atoms with Crippen LogP contribution in [0.15, 0.2) is 35.3 Å². The first-order valence-corrected chi connectivity index (χ1v) is 43.8. The molecule has 2 heterocycles. The van der Waals surface area contributed by atoms with Crippen LogP contribution in [0.25, 0.3) is 11.2 Å². The number of benzene rings is 1. The molecule has 2 atom stereocenters. The summed E-state index contributed by atoms with van der Waals surface area (Å²) in [7, 11) is 0. The number of aliphatic carboxylic acids is 1. The number of carbonyl (C=O) groups is 6. The predicted molar refractivity (Wildman–Crippen MR) is 442 cm³/mol. The zero-order valence-corrected chi connectivity index (χ0v) is 69.0. The average molecular weight is 1560 g/mol. The lowest BCUT2D eigenvalue weighted by Crippen LogP contribution is -2.41. The van der Waals surface area contributed by atoms with Crippen molar-refractivity contribution >= 4 is 58.1 Å². The Morgan fingerprint density at radius 3 is 1.32 bits per heavy atom. The Hall–Kier alpha value is -6.02. The fourth-order valence-electron chi connectivity index (χ4n) is 13.0. The van der Waals surface area contributed by atoms with E-state index in [1.54, 1.807) is 12.1 Å². The maximum atomic E-state index is 12.9. The van der Waals surface area contributed by atoms with E-state index in [9.17, 15) is 38.7 Å². The van der Waals surface area contributed by atoms with Gasteiger partial charge in [0.2, 0.25) is 5.95 Å². The molecule has 0 saturated heterocycles. The van der Waals surface area contributed by atoms with Crippen LogP contribution >= 0.6 is 0 Å². The molecule has 0 unspecified atom stereocenters. The van der Waals surface area contributed by atoms with Crippen molar-refractivity contribution in [3.8, 4) is 0 Å². The first kappa shape index (κ1) is 99.2. The zero-order valence-electron chi connectivity index (χ0n) is 69.0. The van der Waals surface area contributed by atoms with Crippen molar-refractivity contribution in [2.75, 3.05) is 110 Å². The first-order chi connectivity index (χ1) is 54.4. The smallest absolute Gasteiger partial charge is 0.407 e. The average Bonchev–Trinajstić information content (AvgIpc) is 0.812. The number of nitrogen functional groups attached to an aromatic ring is 1. The third kappa shape index (κ3) is 58.5. The van der Waals surface area contributed by atoms with E-state index in [4.69, 9.17) is 43.6 Å². The SMILES string of the molecule is CCCCCCCCCCCCCCCCCCOC[C@H](COC(=O)NCCCCCC(=O)CCCCOCCOCCCC(=O)CCCCOCCOCCOCCCCC(=O)CC[C@@H](NC(=O)c1ccc(NCc2cnc3nc(N)[nH]c(=O)c3n2)cc1)C(=O)O)OCCCCCCCCCCCCCCCCCC. The molecule has 0 radical (unpaired) electrons. The number of aromatic nitrogens is 4. The van der Waals surface area contributed by atoms with E-state index in [-0.39, 0.29) is 78.5 Å². The van der Waals surface area contributed by atoms with Crippen LogP contribution in [0, 0.1) is 0 Å². The molecular formula is C87H150N8O16. The molecule has 1 aromatic carbocycles. The van der Waals surface area contributed by atoms with Crippen LogP contribution < -0.4 is 27.2 Å². The lowest BCUT2D eigenvalue weighted by Gasteiger charge is -2.18. The standard InChI is InChI=1S/C87H150N8O16/c1-3-5-7-9-11-13-15-17-19-21-23-25-27-29-31-39-60-109-71-79(110-62-40-32-30-28-26-24-22-20-18-16-14-12-10-8-6-4-2)72-111-87(103)89-56-38-33-34-45-76(96)46-35-41-57-104-63-64-107-61-44-49-77(97)47-36-42-58-105-65-67-108-68-66-106-59-43-37-48-78(98)54-55-80(85(101)102)93-83(99)73-50-52-74(53-51-73)90-69-75-70-91-82-81(92-75)84(100)95-86(88)94-82/h50-53,70,79-80,90H,3-49,54-69,71-72H2,1-2H3,(H,89,103)(H,93,99)(H,101,102)(H3,88,91,94,95,100)/t79-,80-/m1/s1. The van der Waals surface area contributed by atoms with Gasteiger partial charge in [-0.05, 0) is 101 Å². The van der Waals surface area contributed by atoms with E-state index < -0.39 is 29.6 Å². The zero-order chi connectivity index (χ0) is 79.8. The molecule has 0 fully saturated rings. The normalized spacial score (nSPS) is 12.0. The number of fused-ring (bicyclic) bond motifs is 1. The van der Waals surface area contributed by atoms with Gasteiger partial charge >= 0.3 is 12.1 Å². The van der Waals surface area contributed by atoms with Crippen LogP contribution in [-0.2, 0) is 63.6 Å². The minimum atomic E-state index is -1.24. The lowest BCUT2D eigenvalue weighted by molar-refractivity contribution is -0.139. The molecule has 0 aliphatic carbocycles. The van der Waals surface area contributed by atoms with E-state index >= 15 is 0 Å². The number of carboxylic acid groups (broad SMARTS) is 1. The molecule has 2 amide bonds. The second kappa shape index (κ2) is 71.7. The van der Waals surface area contributed by atoms with E-state index in [1.807, 2.05) is 0 Å². The van der Waals surface area contributed by atoms with E-state index in [2.05, 4.69) is 49.7 Å². The van der Waals surface area contributed by atoms with Gasteiger partial charge in [-0.1, -0.05) is 213 Å². The fraction of sp³-hybridized carbons (Fsp3) is 0.793. The topological polar surface area (TPSA) is 330 Å². The third-order valence-electron chi connectivity index (χ3n) is 19.9. The van der Waals surface area contributed by atoms with Gasteiger partial charge in [0.1, 0.15) is 36.1 Å². The van der Waals surface area contributed by atoms with Crippen LogP contribution in [0.4, 0.5) is 16.4 Å². The van der Waals surface area contributed by atoms with Gasteiger partial charge < -0.3 is 64.7 Å². The van der Waals surface area contributed by atoms with Crippen molar-refractivity contribution in [1.82, 2.24) is 30.6 Å². The van der Waals surface area contributed by atoms with Crippen LogP contribution in [0.2, 0.25) is 0 Å². The summed E-state index contributed by atoms with van der Waals surface area (Å²) in [5.74, 6) is -1.50. The number of Topliss-reactive ketones (excluding diaryl/α,β-unsaturated/α-hetero) is 3. The Kier molecular flexibility index (Phi) is 64.1. The van der Waals surface area contributed by atoms with Crippen LogP contribution in [0.3, 0.4) is 0 Å². The molecule has 24 nitrogen and oxygen atoms in total. The van der Waals surface area contributed by atoms with Crippen molar-refractivity contribution in [3.63, 3.8) is 0 Å². The van der Waals surface area contributed by atoms with Crippen LogP contribution in [-0.4, -0.2) is 172 Å². The first-order valence-electron chi connectivity index (χ1n) is 43.8. The highest BCUT2D eigenvalue weighted by molar-refractivity contribution is 5.97. The number of ketones is 3. The van der Waals surface area contributed by atoms with Crippen LogP contribution in [0.5, 0.6) is 0 Å². The number of amides is 2. The summed E-state index contributed by atoms with van der Waals surface area (Å²) in [6, 6.07) is 5.13. The monoisotopic (exact) mass is 1560 g/mol. The summed E-state index contributed by atoms with van der Waals surface area (Å²) < 4.78 is 46.2. The van der Waals surface area contributed by atoms with Gasteiger partial charge in [0.15, 0.2) is 11.2 Å². The number of carboxylic acids is 1. The summed E-state index contributed by atoms with van der Waals surface area (Å²) in [5, 5.41) is 18.3. The molecule has 3 rings (SSSR count). The number of nitrogens with zero attached hydrogens (tertiary/aromatic N) is 3. The molecule has 0 aliphatic rings. The minimum absolute atomic E-state index is 0.00791. The molecule has 7 N–H and O–H groups in total. The number of unbranched alkanes of at least 4 members (excludes halogenated alkanes) is 35. The van der Waals surface area contributed by atoms with Gasteiger partial charge in [0.25, 0.3) is 11.5 Å². The number of nitrogens with two attached hydrogens (primary N) is 1. The maximum absolute atomic E-state index is 12.9. The second-order valence-electron chi connectivity index (χ2n) is 30.0. The third-order valence-corrected chi connectivity index (χ3v) is 19.9. The van der Waals surface area contributed by atoms with Crippen molar-refractivity contribution in [2.45, 2.75) is 347 Å². The summed E-state index contributed by atoms with van der Waals surface area (Å²) in [6.45, 7) is 11.9. The number of rotatable bonds is 82. The highest BCUT2D eigenvalue weighted by Crippen LogP contribution is 2.19. The van der Waals surface area contributed by atoms with Gasteiger partial charge in [-0.25, -0.2) is 19.6 Å².